The van der Waals surface area contributed by atoms with Gasteiger partial charge in [0.1, 0.15) is 18.2 Å². The molecule has 2 aromatic rings. The minimum Gasteiger partial charge on any atom is -0.496 e. The zero-order chi connectivity index (χ0) is 15.2. The minimum atomic E-state index is -0.360. The summed E-state index contributed by atoms with van der Waals surface area (Å²) < 4.78 is 29.2. The molecule has 0 N–H and O–H groups in total. The Labute approximate surface area is 122 Å². The van der Waals surface area contributed by atoms with Gasteiger partial charge in [-0.15, -0.1) is 0 Å². The van der Waals surface area contributed by atoms with E-state index in [9.17, 15) is 4.39 Å². The molecule has 0 unspecified atom stereocenters. The monoisotopic (exact) mass is 287 g/mol. The molecule has 4 nitrogen and oxygen atoms in total. The lowest BCUT2D eigenvalue weighted by molar-refractivity contribution is 0.277. The molecule has 0 fully saturated rings. The van der Waals surface area contributed by atoms with Crippen LogP contribution in [0.3, 0.4) is 0 Å². The molecule has 0 amide bonds. The summed E-state index contributed by atoms with van der Waals surface area (Å²) in [5, 5.41) is 8.85. The topological polar surface area (TPSA) is 51.5 Å². The number of methoxy groups -OCH3 is 2. The first-order valence-corrected chi connectivity index (χ1v) is 6.21. The average Bonchev–Trinajstić information content (AvgIpc) is 2.52. The van der Waals surface area contributed by atoms with Crippen LogP contribution in [0.25, 0.3) is 0 Å². The predicted molar refractivity (Wildman–Crippen MR) is 75.0 cm³/mol. The first-order chi connectivity index (χ1) is 10.2. The van der Waals surface area contributed by atoms with Crippen LogP contribution in [0.15, 0.2) is 36.4 Å². The predicted octanol–water partition coefficient (Wildman–Crippen LogP) is 3.29. The molecule has 0 saturated heterocycles. The summed E-state index contributed by atoms with van der Waals surface area (Å²) in [6.45, 7) is 0.128. The highest BCUT2D eigenvalue weighted by Gasteiger charge is 2.09. The van der Waals surface area contributed by atoms with E-state index >= 15 is 0 Å². The van der Waals surface area contributed by atoms with Gasteiger partial charge in [0, 0.05) is 11.6 Å². The lowest BCUT2D eigenvalue weighted by Crippen LogP contribution is -2.01. The molecule has 0 aliphatic carbocycles. The molecule has 0 aromatic heterocycles. The number of nitriles is 1. The highest BCUT2D eigenvalue weighted by molar-refractivity contribution is 5.47. The molecule has 0 heterocycles. The smallest absolute Gasteiger partial charge is 0.162 e. The van der Waals surface area contributed by atoms with Crippen LogP contribution in [0.1, 0.15) is 11.1 Å². The fourth-order valence-electron chi connectivity index (χ4n) is 1.87. The third-order valence-electron chi connectivity index (χ3n) is 2.92. The molecule has 0 aliphatic rings. The van der Waals surface area contributed by atoms with E-state index in [1.165, 1.54) is 26.4 Å². The van der Waals surface area contributed by atoms with Gasteiger partial charge in [-0.2, -0.15) is 5.26 Å². The van der Waals surface area contributed by atoms with Gasteiger partial charge >= 0.3 is 0 Å². The quantitative estimate of drug-likeness (QED) is 0.846. The van der Waals surface area contributed by atoms with Gasteiger partial charge in [-0.05, 0) is 30.3 Å². The van der Waals surface area contributed by atoms with Gasteiger partial charge in [0.15, 0.2) is 11.5 Å². The Bertz CT molecular complexity index is 680. The van der Waals surface area contributed by atoms with Crippen molar-refractivity contribution in [1.82, 2.24) is 0 Å². The minimum absolute atomic E-state index is 0.128. The summed E-state index contributed by atoms with van der Waals surface area (Å²) in [7, 11) is 3.01. The largest absolute Gasteiger partial charge is 0.496 e. The molecule has 2 rings (SSSR count). The Morgan fingerprint density at radius 3 is 2.38 bits per heavy atom. The van der Waals surface area contributed by atoms with Crippen molar-refractivity contribution >= 4 is 0 Å². The first-order valence-electron chi connectivity index (χ1n) is 6.21. The van der Waals surface area contributed by atoms with E-state index in [1.807, 2.05) is 6.07 Å². The van der Waals surface area contributed by atoms with Gasteiger partial charge in [-0.1, -0.05) is 0 Å². The Hall–Kier alpha value is -2.74. The normalized spacial score (nSPS) is 9.81. The Morgan fingerprint density at radius 2 is 1.71 bits per heavy atom. The molecular formula is C16H14FNO3. The van der Waals surface area contributed by atoms with E-state index in [0.29, 0.717) is 28.4 Å². The van der Waals surface area contributed by atoms with Crippen molar-refractivity contribution in [2.45, 2.75) is 6.61 Å². The fourth-order valence-corrected chi connectivity index (χ4v) is 1.87. The Morgan fingerprint density at radius 1 is 1.00 bits per heavy atom. The number of rotatable bonds is 5. The van der Waals surface area contributed by atoms with Gasteiger partial charge in [0.25, 0.3) is 0 Å². The van der Waals surface area contributed by atoms with Crippen LogP contribution in [-0.2, 0) is 6.61 Å². The van der Waals surface area contributed by atoms with E-state index in [4.69, 9.17) is 19.5 Å². The van der Waals surface area contributed by atoms with Gasteiger partial charge in [0.05, 0.1) is 25.9 Å². The molecule has 0 bridgehead atoms. The summed E-state index contributed by atoms with van der Waals surface area (Å²) in [5.74, 6) is 1.11. The van der Waals surface area contributed by atoms with E-state index in [1.54, 1.807) is 24.3 Å². The lowest BCUT2D eigenvalue weighted by atomic mass is 10.2. The van der Waals surface area contributed by atoms with Crippen LogP contribution in [0, 0.1) is 17.1 Å². The van der Waals surface area contributed by atoms with Crippen LogP contribution in [0.5, 0.6) is 17.2 Å². The van der Waals surface area contributed by atoms with Crippen molar-refractivity contribution in [2.75, 3.05) is 14.2 Å². The van der Waals surface area contributed by atoms with Crippen molar-refractivity contribution in [3.63, 3.8) is 0 Å². The van der Waals surface area contributed by atoms with Crippen LogP contribution in [0.4, 0.5) is 4.39 Å². The first kappa shape index (κ1) is 14.7. The zero-order valence-corrected chi connectivity index (χ0v) is 11.7. The maximum atomic E-state index is 13.3. The summed E-state index contributed by atoms with van der Waals surface area (Å²) >= 11 is 0. The Kier molecular flexibility index (Phi) is 4.62. The van der Waals surface area contributed by atoms with E-state index in [2.05, 4.69) is 0 Å². The summed E-state index contributed by atoms with van der Waals surface area (Å²) in [4.78, 5) is 0. The standard InChI is InChI=1S/C16H14FNO3/c1-19-14-6-4-13(17)8-12(14)10-21-15-5-3-11(9-18)7-16(15)20-2/h3-8H,10H2,1-2H3. The van der Waals surface area contributed by atoms with Crippen molar-refractivity contribution in [2.24, 2.45) is 0 Å². The second-order valence-electron chi connectivity index (χ2n) is 4.22. The maximum absolute atomic E-state index is 13.3. The summed E-state index contributed by atoms with van der Waals surface area (Å²) in [5.41, 5.74) is 1.06. The molecule has 0 radical (unpaired) electrons. The van der Waals surface area contributed by atoms with Gasteiger partial charge in [-0.3, -0.25) is 0 Å². The van der Waals surface area contributed by atoms with Crippen molar-refractivity contribution < 1.29 is 18.6 Å². The average molecular weight is 287 g/mol. The lowest BCUT2D eigenvalue weighted by Gasteiger charge is -2.13. The van der Waals surface area contributed by atoms with Gasteiger partial charge in [-0.25, -0.2) is 4.39 Å². The molecule has 2 aromatic carbocycles. The SMILES string of the molecule is COc1ccc(F)cc1COc1ccc(C#N)cc1OC. The number of halogens is 1. The van der Waals surface area contributed by atoms with Crippen LogP contribution in [0.2, 0.25) is 0 Å². The number of benzene rings is 2. The van der Waals surface area contributed by atoms with Crippen LogP contribution < -0.4 is 14.2 Å². The van der Waals surface area contributed by atoms with Gasteiger partial charge < -0.3 is 14.2 Å². The van der Waals surface area contributed by atoms with E-state index < -0.39 is 0 Å². The third-order valence-corrected chi connectivity index (χ3v) is 2.92. The number of nitrogens with zero attached hydrogens (tertiary/aromatic N) is 1. The Balaban J connectivity index is 2.20. The number of ether oxygens (including phenoxy) is 3. The summed E-state index contributed by atoms with van der Waals surface area (Å²) in [6.07, 6.45) is 0. The van der Waals surface area contributed by atoms with Crippen LogP contribution in [-0.4, -0.2) is 14.2 Å². The molecule has 21 heavy (non-hydrogen) atoms. The van der Waals surface area contributed by atoms with E-state index in [-0.39, 0.29) is 12.4 Å². The van der Waals surface area contributed by atoms with Crippen LogP contribution >= 0.6 is 0 Å². The molecule has 5 heteroatoms. The molecule has 0 spiro atoms. The zero-order valence-electron chi connectivity index (χ0n) is 11.7. The summed E-state index contributed by atoms with van der Waals surface area (Å²) in [6, 6.07) is 11.1. The molecule has 0 aliphatic heterocycles. The molecule has 0 saturated carbocycles. The second-order valence-corrected chi connectivity index (χ2v) is 4.22. The van der Waals surface area contributed by atoms with Crippen molar-refractivity contribution in [3.8, 4) is 23.3 Å². The highest BCUT2D eigenvalue weighted by atomic mass is 19.1. The maximum Gasteiger partial charge on any atom is 0.162 e. The number of hydrogen-bond donors (Lipinski definition) is 0. The second kappa shape index (κ2) is 6.62. The third kappa shape index (κ3) is 3.42. The molecular weight excluding hydrogens is 273 g/mol. The fraction of sp³-hybridized carbons (Fsp3) is 0.188. The molecule has 0 atom stereocenters. The van der Waals surface area contributed by atoms with Crippen molar-refractivity contribution in [1.29, 1.82) is 5.26 Å². The highest BCUT2D eigenvalue weighted by Crippen LogP contribution is 2.29. The van der Waals surface area contributed by atoms with E-state index in [0.717, 1.165) is 0 Å². The van der Waals surface area contributed by atoms with Gasteiger partial charge in [0.2, 0.25) is 0 Å². The number of hydrogen-bond acceptors (Lipinski definition) is 4. The molecule has 108 valence electrons. The van der Waals surface area contributed by atoms with Crippen molar-refractivity contribution in [3.05, 3.63) is 53.3 Å².